The van der Waals surface area contributed by atoms with E-state index in [0.29, 0.717) is 13.1 Å². The van der Waals surface area contributed by atoms with Crippen molar-refractivity contribution in [1.29, 1.82) is 0 Å². The van der Waals surface area contributed by atoms with Crippen LogP contribution in [0.4, 0.5) is 13.2 Å². The molecule has 0 bridgehead atoms. The number of aromatic nitrogens is 2. The number of hydrogen-bond donors (Lipinski definition) is 0. The molecule has 3 aliphatic heterocycles. The highest BCUT2D eigenvalue weighted by Crippen LogP contribution is 2.44. The summed E-state index contributed by atoms with van der Waals surface area (Å²) in [5, 5.41) is 0. The van der Waals surface area contributed by atoms with Gasteiger partial charge in [-0.2, -0.15) is 17.5 Å². The van der Waals surface area contributed by atoms with Crippen LogP contribution in [0.3, 0.4) is 0 Å². The summed E-state index contributed by atoms with van der Waals surface area (Å²) in [4.78, 5) is 8.56. The molecule has 0 atom stereocenters. The number of likely N-dealkylation sites (tertiary alicyclic amines) is 1. The summed E-state index contributed by atoms with van der Waals surface area (Å²) in [6, 6.07) is 0. The van der Waals surface area contributed by atoms with Gasteiger partial charge in [-0.15, -0.1) is 0 Å². The van der Waals surface area contributed by atoms with Crippen molar-refractivity contribution in [3.05, 3.63) is 17.7 Å². The minimum absolute atomic E-state index is 0.0469. The number of alkyl halides is 3. The second-order valence-corrected chi connectivity index (χ2v) is 10.3. The Morgan fingerprint density at radius 1 is 1.22 bits per heavy atom. The maximum Gasteiger partial charge on any atom is 0.451 e. The van der Waals surface area contributed by atoms with Gasteiger partial charge in [0.05, 0.1) is 25.1 Å². The first-order valence-corrected chi connectivity index (χ1v) is 10.1. The fraction of sp³-hybridized carbons (Fsp3) is 0.750. The minimum Gasteiger partial charge on any atom is -0.380 e. The van der Waals surface area contributed by atoms with Crippen molar-refractivity contribution in [3.8, 4) is 0 Å². The summed E-state index contributed by atoms with van der Waals surface area (Å²) >= 11 is 0. The molecule has 1 aromatic rings. The van der Waals surface area contributed by atoms with E-state index in [1.54, 1.807) is 0 Å². The van der Waals surface area contributed by atoms with Gasteiger partial charge in [0.1, 0.15) is 4.90 Å². The third-order valence-corrected chi connectivity index (χ3v) is 7.35. The lowest BCUT2D eigenvalue weighted by atomic mass is 9.73. The Bertz CT molecular complexity index is 856. The van der Waals surface area contributed by atoms with Gasteiger partial charge >= 0.3 is 6.18 Å². The van der Waals surface area contributed by atoms with Crippen molar-refractivity contribution in [3.63, 3.8) is 0 Å². The number of ether oxygens (including phenoxy) is 1. The average Bonchev–Trinajstić information content (AvgIpc) is 2.44. The molecule has 0 amide bonds. The minimum atomic E-state index is -4.70. The van der Waals surface area contributed by atoms with Gasteiger partial charge in [-0.05, 0) is 6.92 Å². The van der Waals surface area contributed by atoms with E-state index >= 15 is 0 Å². The number of rotatable bonds is 4. The van der Waals surface area contributed by atoms with Crippen LogP contribution < -0.4 is 0 Å². The highest BCUT2D eigenvalue weighted by atomic mass is 32.2. The first-order valence-electron chi connectivity index (χ1n) is 8.64. The smallest absolute Gasteiger partial charge is 0.380 e. The predicted octanol–water partition coefficient (Wildman–Crippen LogP) is 1.15. The van der Waals surface area contributed by atoms with E-state index in [1.807, 2.05) is 0 Å². The van der Waals surface area contributed by atoms with Gasteiger partial charge < -0.3 is 9.64 Å². The summed E-state index contributed by atoms with van der Waals surface area (Å²) < 4.78 is 70.0. The maximum absolute atomic E-state index is 12.7. The summed E-state index contributed by atoms with van der Waals surface area (Å²) in [7, 11) is -3.89. The lowest BCUT2D eigenvalue weighted by Gasteiger charge is -2.61. The largest absolute Gasteiger partial charge is 0.451 e. The van der Waals surface area contributed by atoms with Gasteiger partial charge in [0, 0.05) is 43.6 Å². The zero-order chi connectivity index (χ0) is 19.7. The molecule has 1 aromatic heterocycles. The van der Waals surface area contributed by atoms with E-state index in [2.05, 4.69) is 21.8 Å². The molecule has 0 aromatic carbocycles. The molecule has 0 saturated carbocycles. The van der Waals surface area contributed by atoms with Crippen molar-refractivity contribution in [1.82, 2.24) is 19.2 Å². The maximum atomic E-state index is 12.7. The Morgan fingerprint density at radius 3 is 2.33 bits per heavy atom. The lowest BCUT2D eigenvalue weighted by Crippen LogP contribution is -2.73. The van der Waals surface area contributed by atoms with Crippen molar-refractivity contribution in [2.24, 2.45) is 10.8 Å². The Balaban J connectivity index is 1.39. The molecule has 0 N–H and O–H groups in total. The highest BCUT2D eigenvalue weighted by molar-refractivity contribution is 7.89. The van der Waals surface area contributed by atoms with Crippen molar-refractivity contribution in [2.45, 2.75) is 24.9 Å². The second-order valence-electron chi connectivity index (χ2n) is 8.36. The van der Waals surface area contributed by atoms with E-state index in [-0.39, 0.29) is 21.4 Å². The molecule has 150 valence electrons. The standard InChI is InChI=1S/C16H21F3N4O3S/c1-11-12(3-20-13(21-11)16(17,18)19)27(24,25)23-7-15(8-23)5-22(6-15)4-14(2)9-26-10-14/h3H,4-10H2,1-2H3. The number of hydrogen-bond acceptors (Lipinski definition) is 6. The Morgan fingerprint density at radius 2 is 1.85 bits per heavy atom. The molecule has 3 aliphatic rings. The summed E-state index contributed by atoms with van der Waals surface area (Å²) in [5.74, 6) is -1.33. The quantitative estimate of drug-likeness (QED) is 0.747. The van der Waals surface area contributed by atoms with E-state index < -0.39 is 22.0 Å². The molecule has 27 heavy (non-hydrogen) atoms. The third-order valence-electron chi connectivity index (χ3n) is 5.45. The molecule has 3 saturated heterocycles. The number of halogens is 3. The van der Waals surface area contributed by atoms with Crippen LogP contribution in [0.1, 0.15) is 18.4 Å². The van der Waals surface area contributed by atoms with Gasteiger partial charge in [0.2, 0.25) is 15.8 Å². The molecule has 11 heteroatoms. The molecule has 3 fully saturated rings. The van der Waals surface area contributed by atoms with Crippen LogP contribution in [0, 0.1) is 17.8 Å². The molecular weight excluding hydrogens is 385 g/mol. The van der Waals surface area contributed by atoms with Crippen LogP contribution in [-0.2, 0) is 20.9 Å². The SMILES string of the molecule is Cc1nc(C(F)(F)F)ncc1S(=O)(=O)N1CC2(CN(CC3(C)COC3)C2)C1. The topological polar surface area (TPSA) is 75.6 Å². The van der Waals surface area contributed by atoms with Gasteiger partial charge in [0.15, 0.2) is 0 Å². The summed E-state index contributed by atoms with van der Waals surface area (Å²) in [5.41, 5.74) is -0.0491. The van der Waals surface area contributed by atoms with Crippen molar-refractivity contribution in [2.75, 3.05) is 45.9 Å². The first kappa shape index (κ1) is 19.0. The number of nitrogens with zero attached hydrogens (tertiary/aromatic N) is 4. The van der Waals surface area contributed by atoms with Gasteiger partial charge in [-0.25, -0.2) is 18.4 Å². The monoisotopic (exact) mass is 406 g/mol. The van der Waals surface area contributed by atoms with Crippen molar-refractivity contribution >= 4 is 10.0 Å². The van der Waals surface area contributed by atoms with E-state index in [1.165, 1.54) is 11.2 Å². The zero-order valence-corrected chi connectivity index (χ0v) is 15.9. The summed E-state index contributed by atoms with van der Waals surface area (Å²) in [6.07, 6.45) is -3.94. The molecule has 7 nitrogen and oxygen atoms in total. The normalized spacial score (nSPS) is 24.9. The lowest BCUT2D eigenvalue weighted by molar-refractivity contribution is -0.153. The predicted molar refractivity (Wildman–Crippen MR) is 88.3 cm³/mol. The van der Waals surface area contributed by atoms with Crippen LogP contribution in [-0.4, -0.2) is 73.5 Å². The Labute approximate surface area is 155 Å². The molecule has 4 heterocycles. The fourth-order valence-corrected chi connectivity index (χ4v) is 5.92. The average molecular weight is 406 g/mol. The summed E-state index contributed by atoms with van der Waals surface area (Å²) in [6.45, 7) is 8.28. The third kappa shape index (κ3) is 3.24. The molecule has 1 spiro atoms. The van der Waals surface area contributed by atoms with Gasteiger partial charge in [0.25, 0.3) is 0 Å². The van der Waals surface area contributed by atoms with Crippen LogP contribution in [0.2, 0.25) is 0 Å². The van der Waals surface area contributed by atoms with Crippen LogP contribution in [0.5, 0.6) is 0 Å². The van der Waals surface area contributed by atoms with E-state index in [0.717, 1.165) is 39.0 Å². The van der Waals surface area contributed by atoms with Gasteiger partial charge in [-0.1, -0.05) is 6.92 Å². The zero-order valence-electron chi connectivity index (χ0n) is 15.1. The first-order chi connectivity index (χ1) is 12.4. The number of aryl methyl sites for hydroxylation is 1. The Kier molecular flexibility index (Phi) is 4.12. The molecule has 0 unspecified atom stereocenters. The van der Waals surface area contributed by atoms with Crippen LogP contribution in [0.25, 0.3) is 0 Å². The van der Waals surface area contributed by atoms with E-state index in [4.69, 9.17) is 4.74 Å². The van der Waals surface area contributed by atoms with Crippen molar-refractivity contribution < 1.29 is 26.3 Å². The van der Waals surface area contributed by atoms with Crippen LogP contribution in [0.15, 0.2) is 11.1 Å². The molecular formula is C16H21F3N4O3S. The second kappa shape index (κ2) is 5.85. The molecule has 0 aliphatic carbocycles. The Hall–Kier alpha value is -1.30. The molecule has 4 rings (SSSR count). The van der Waals surface area contributed by atoms with E-state index in [9.17, 15) is 21.6 Å². The highest BCUT2D eigenvalue weighted by Gasteiger charge is 2.56. The molecule has 0 radical (unpaired) electrons. The fourth-order valence-electron chi connectivity index (χ4n) is 4.15. The van der Waals surface area contributed by atoms with Gasteiger partial charge in [-0.3, -0.25) is 0 Å². The number of sulfonamides is 1. The van der Waals surface area contributed by atoms with Crippen LogP contribution >= 0.6 is 0 Å².